The van der Waals surface area contributed by atoms with Crippen molar-refractivity contribution in [1.29, 1.82) is 0 Å². The van der Waals surface area contributed by atoms with Gasteiger partial charge in [-0.1, -0.05) is 19.8 Å². The summed E-state index contributed by atoms with van der Waals surface area (Å²) < 4.78 is 2.03. The molecule has 1 aliphatic carbocycles. The predicted molar refractivity (Wildman–Crippen MR) is 71.0 cm³/mol. The molecule has 17 heavy (non-hydrogen) atoms. The van der Waals surface area contributed by atoms with Gasteiger partial charge in [-0.2, -0.15) is 5.10 Å². The van der Waals surface area contributed by atoms with Crippen molar-refractivity contribution in [2.24, 2.45) is 18.9 Å². The Morgan fingerprint density at radius 1 is 1.53 bits per heavy atom. The van der Waals surface area contributed by atoms with E-state index in [0.29, 0.717) is 6.04 Å². The molecule has 0 amide bonds. The predicted octanol–water partition coefficient (Wildman–Crippen LogP) is 2.30. The first kappa shape index (κ1) is 12.6. The summed E-state index contributed by atoms with van der Waals surface area (Å²) >= 11 is 0. The average molecular weight is 235 g/mol. The number of hydrogen-bond donors (Lipinski definition) is 1. The first-order valence-electron chi connectivity index (χ1n) is 6.78. The normalized spacial score (nSPS) is 26.4. The minimum Gasteiger partial charge on any atom is -0.316 e. The second-order valence-corrected chi connectivity index (χ2v) is 5.57. The van der Waals surface area contributed by atoms with Gasteiger partial charge in [-0.05, 0) is 38.3 Å². The van der Waals surface area contributed by atoms with Crippen LogP contribution in [0.15, 0.2) is 6.07 Å². The number of aryl methyl sites for hydroxylation is 2. The second-order valence-electron chi connectivity index (χ2n) is 5.57. The summed E-state index contributed by atoms with van der Waals surface area (Å²) in [6, 6.07) is 2.81. The molecule has 0 aromatic carbocycles. The maximum Gasteiger partial charge on any atom is 0.0596 e. The van der Waals surface area contributed by atoms with Crippen molar-refractivity contribution in [3.8, 4) is 0 Å². The van der Waals surface area contributed by atoms with Crippen LogP contribution >= 0.6 is 0 Å². The summed E-state index contributed by atoms with van der Waals surface area (Å²) in [5, 5.41) is 7.95. The summed E-state index contributed by atoms with van der Waals surface area (Å²) in [7, 11) is 4.14. The van der Waals surface area contributed by atoms with Gasteiger partial charge in [0.1, 0.15) is 0 Å². The third-order valence-electron chi connectivity index (χ3n) is 4.34. The molecule has 0 spiro atoms. The lowest BCUT2D eigenvalue weighted by molar-refractivity contribution is 0.304. The summed E-state index contributed by atoms with van der Waals surface area (Å²) in [5.74, 6) is 1.69. The number of nitrogens with zero attached hydrogens (tertiary/aromatic N) is 2. The van der Waals surface area contributed by atoms with Crippen LogP contribution in [0.2, 0.25) is 0 Å². The number of hydrogen-bond acceptors (Lipinski definition) is 2. The van der Waals surface area contributed by atoms with E-state index in [1.54, 1.807) is 0 Å². The van der Waals surface area contributed by atoms with Gasteiger partial charge in [0, 0.05) is 25.2 Å². The molecular formula is C14H25N3. The lowest BCUT2D eigenvalue weighted by Gasteiger charge is -2.26. The summed E-state index contributed by atoms with van der Waals surface area (Å²) in [6.07, 6.45) is 5.27. The van der Waals surface area contributed by atoms with Crippen molar-refractivity contribution in [1.82, 2.24) is 15.1 Å². The zero-order chi connectivity index (χ0) is 12.4. The van der Waals surface area contributed by atoms with E-state index in [4.69, 9.17) is 0 Å². The highest BCUT2D eigenvalue weighted by molar-refractivity contribution is 5.10. The Labute approximate surface area is 105 Å². The van der Waals surface area contributed by atoms with E-state index in [2.05, 4.69) is 37.4 Å². The van der Waals surface area contributed by atoms with Crippen molar-refractivity contribution in [2.75, 3.05) is 7.05 Å². The van der Waals surface area contributed by atoms with Crippen LogP contribution in [0.5, 0.6) is 0 Å². The molecule has 3 atom stereocenters. The van der Waals surface area contributed by atoms with E-state index < -0.39 is 0 Å². The lowest BCUT2D eigenvalue weighted by Crippen LogP contribution is -2.37. The topological polar surface area (TPSA) is 29.9 Å². The monoisotopic (exact) mass is 235 g/mol. The molecule has 3 unspecified atom stereocenters. The van der Waals surface area contributed by atoms with Crippen molar-refractivity contribution in [3.63, 3.8) is 0 Å². The van der Waals surface area contributed by atoms with E-state index in [1.165, 1.54) is 25.0 Å². The maximum atomic E-state index is 4.43. The zero-order valence-electron chi connectivity index (χ0n) is 11.5. The van der Waals surface area contributed by atoms with Crippen LogP contribution in [0.3, 0.4) is 0 Å². The smallest absolute Gasteiger partial charge is 0.0596 e. The molecule has 0 bridgehead atoms. The Kier molecular flexibility index (Phi) is 3.87. The highest BCUT2D eigenvalue weighted by atomic mass is 15.3. The Morgan fingerprint density at radius 3 is 2.76 bits per heavy atom. The molecule has 1 aromatic heterocycles. The SMILES string of the molecule is CNC(Cc1cc(C)nn1C)C1CCCC1C. The number of rotatable bonds is 4. The summed E-state index contributed by atoms with van der Waals surface area (Å²) in [5.41, 5.74) is 2.47. The van der Waals surface area contributed by atoms with E-state index in [1.807, 2.05) is 11.7 Å². The van der Waals surface area contributed by atoms with Crippen LogP contribution in [0.25, 0.3) is 0 Å². The second kappa shape index (κ2) is 5.21. The molecular weight excluding hydrogens is 210 g/mol. The standard InChI is InChI=1S/C14H25N3/c1-10-6-5-7-13(10)14(15-3)9-12-8-11(2)16-17(12)4/h8,10,13-15H,5-7,9H2,1-4H3. The van der Waals surface area contributed by atoms with Crippen LogP contribution < -0.4 is 5.32 Å². The largest absolute Gasteiger partial charge is 0.316 e. The quantitative estimate of drug-likeness (QED) is 0.868. The van der Waals surface area contributed by atoms with E-state index in [0.717, 1.165) is 24.0 Å². The van der Waals surface area contributed by atoms with Gasteiger partial charge in [0.15, 0.2) is 0 Å². The Hall–Kier alpha value is -0.830. The van der Waals surface area contributed by atoms with Crippen LogP contribution in [-0.4, -0.2) is 22.9 Å². The van der Waals surface area contributed by atoms with Crippen molar-refractivity contribution >= 4 is 0 Å². The molecule has 0 radical (unpaired) electrons. The van der Waals surface area contributed by atoms with Gasteiger partial charge in [-0.15, -0.1) is 0 Å². The molecule has 1 heterocycles. The molecule has 0 saturated heterocycles. The fourth-order valence-electron chi connectivity index (χ4n) is 3.32. The van der Waals surface area contributed by atoms with Crippen molar-refractivity contribution in [3.05, 3.63) is 17.5 Å². The van der Waals surface area contributed by atoms with Gasteiger partial charge in [0.2, 0.25) is 0 Å². The van der Waals surface area contributed by atoms with Gasteiger partial charge in [0.25, 0.3) is 0 Å². The Morgan fingerprint density at radius 2 is 2.29 bits per heavy atom. The van der Waals surface area contributed by atoms with Gasteiger partial charge < -0.3 is 5.32 Å². The molecule has 1 aromatic rings. The van der Waals surface area contributed by atoms with Gasteiger partial charge in [-0.3, -0.25) is 4.68 Å². The van der Waals surface area contributed by atoms with Crippen LogP contribution in [0.1, 0.15) is 37.6 Å². The molecule has 1 N–H and O–H groups in total. The first-order valence-corrected chi connectivity index (χ1v) is 6.78. The molecule has 3 nitrogen and oxygen atoms in total. The minimum absolute atomic E-state index is 0.599. The van der Waals surface area contributed by atoms with E-state index in [-0.39, 0.29) is 0 Å². The highest BCUT2D eigenvalue weighted by Gasteiger charge is 2.30. The third-order valence-corrected chi connectivity index (χ3v) is 4.34. The molecule has 1 aliphatic rings. The van der Waals surface area contributed by atoms with E-state index >= 15 is 0 Å². The first-order chi connectivity index (χ1) is 8.11. The highest BCUT2D eigenvalue weighted by Crippen LogP contribution is 2.34. The number of likely N-dealkylation sites (N-methyl/N-ethyl adjacent to an activating group) is 1. The molecule has 0 aliphatic heterocycles. The van der Waals surface area contributed by atoms with E-state index in [9.17, 15) is 0 Å². The molecule has 2 rings (SSSR count). The molecule has 1 fully saturated rings. The minimum atomic E-state index is 0.599. The summed E-state index contributed by atoms with van der Waals surface area (Å²) in [6.45, 7) is 4.46. The fraction of sp³-hybridized carbons (Fsp3) is 0.786. The molecule has 1 saturated carbocycles. The van der Waals surface area contributed by atoms with Crippen molar-refractivity contribution < 1.29 is 0 Å². The van der Waals surface area contributed by atoms with Gasteiger partial charge in [-0.25, -0.2) is 0 Å². The van der Waals surface area contributed by atoms with Gasteiger partial charge >= 0.3 is 0 Å². The van der Waals surface area contributed by atoms with Crippen LogP contribution in [0, 0.1) is 18.8 Å². The fourth-order valence-corrected chi connectivity index (χ4v) is 3.32. The average Bonchev–Trinajstić information content (AvgIpc) is 2.82. The van der Waals surface area contributed by atoms with Crippen LogP contribution in [0.4, 0.5) is 0 Å². The molecule has 96 valence electrons. The Balaban J connectivity index is 2.07. The zero-order valence-corrected chi connectivity index (χ0v) is 11.5. The third kappa shape index (κ3) is 2.71. The van der Waals surface area contributed by atoms with Crippen molar-refractivity contribution in [2.45, 2.75) is 45.6 Å². The molecule has 3 heteroatoms. The summed E-state index contributed by atoms with van der Waals surface area (Å²) in [4.78, 5) is 0. The maximum absolute atomic E-state index is 4.43. The number of aromatic nitrogens is 2. The number of nitrogens with one attached hydrogen (secondary N) is 1. The van der Waals surface area contributed by atoms with Gasteiger partial charge in [0.05, 0.1) is 5.69 Å². The lowest BCUT2D eigenvalue weighted by atomic mass is 9.87. The Bertz CT molecular complexity index is 370. The van der Waals surface area contributed by atoms with Crippen LogP contribution in [-0.2, 0) is 13.5 Å².